The summed E-state index contributed by atoms with van der Waals surface area (Å²) < 4.78 is 66.9. The SMILES string of the molecule is N#Cc1ccc(S(=O)(=O)N2CCOC2C(F)(F)F)cn1. The van der Waals surface area contributed by atoms with Crippen LogP contribution in [0.5, 0.6) is 0 Å². The second kappa shape index (κ2) is 5.01. The molecule has 0 aliphatic carbocycles. The molecule has 1 fully saturated rings. The van der Waals surface area contributed by atoms with E-state index in [1.54, 1.807) is 6.07 Å². The lowest BCUT2D eigenvalue weighted by molar-refractivity contribution is -0.228. The van der Waals surface area contributed by atoms with Crippen LogP contribution < -0.4 is 0 Å². The highest BCUT2D eigenvalue weighted by atomic mass is 32.2. The Morgan fingerprint density at radius 1 is 1.45 bits per heavy atom. The van der Waals surface area contributed by atoms with Crippen molar-refractivity contribution in [1.82, 2.24) is 9.29 Å². The highest BCUT2D eigenvalue weighted by Crippen LogP contribution is 2.32. The van der Waals surface area contributed by atoms with Crippen LogP contribution >= 0.6 is 0 Å². The molecule has 6 nitrogen and oxygen atoms in total. The minimum absolute atomic E-state index is 0.0333. The summed E-state index contributed by atoms with van der Waals surface area (Å²) in [4.78, 5) is 3.11. The average Bonchev–Trinajstić information content (AvgIpc) is 2.88. The topological polar surface area (TPSA) is 83.3 Å². The fourth-order valence-electron chi connectivity index (χ4n) is 1.69. The van der Waals surface area contributed by atoms with Gasteiger partial charge in [0.1, 0.15) is 16.7 Å². The lowest BCUT2D eigenvalue weighted by Gasteiger charge is -2.24. The molecule has 1 aliphatic rings. The van der Waals surface area contributed by atoms with E-state index in [0.29, 0.717) is 0 Å². The number of hydrogen-bond acceptors (Lipinski definition) is 5. The van der Waals surface area contributed by atoms with Crippen LogP contribution in [0, 0.1) is 11.3 Å². The molecule has 10 heteroatoms. The molecule has 1 aromatic heterocycles. The maximum Gasteiger partial charge on any atom is 0.429 e. The highest BCUT2D eigenvalue weighted by molar-refractivity contribution is 7.89. The summed E-state index contributed by atoms with van der Waals surface area (Å²) in [7, 11) is -4.38. The van der Waals surface area contributed by atoms with E-state index in [0.717, 1.165) is 18.3 Å². The van der Waals surface area contributed by atoms with Crippen LogP contribution in [0.25, 0.3) is 0 Å². The number of nitrogens with zero attached hydrogens (tertiary/aromatic N) is 3. The smallest absolute Gasteiger partial charge is 0.352 e. The van der Waals surface area contributed by atoms with Gasteiger partial charge in [0.2, 0.25) is 16.3 Å². The Hall–Kier alpha value is -1.70. The maximum atomic E-state index is 12.7. The van der Waals surface area contributed by atoms with Crippen LogP contribution in [0.4, 0.5) is 13.2 Å². The van der Waals surface area contributed by atoms with Crippen molar-refractivity contribution in [2.75, 3.05) is 13.2 Å². The quantitative estimate of drug-likeness (QED) is 0.809. The van der Waals surface area contributed by atoms with Gasteiger partial charge in [-0.3, -0.25) is 0 Å². The number of hydrogen-bond donors (Lipinski definition) is 0. The molecule has 0 bridgehead atoms. The maximum absolute atomic E-state index is 12.7. The number of pyridine rings is 1. The lowest BCUT2D eigenvalue weighted by atomic mass is 10.4. The summed E-state index contributed by atoms with van der Waals surface area (Å²) in [5, 5.41) is 8.55. The van der Waals surface area contributed by atoms with E-state index in [4.69, 9.17) is 5.26 Å². The number of halogens is 3. The number of nitriles is 1. The zero-order valence-corrected chi connectivity index (χ0v) is 10.6. The van der Waals surface area contributed by atoms with E-state index in [1.807, 2.05) is 0 Å². The molecule has 0 N–H and O–H groups in total. The van der Waals surface area contributed by atoms with Crippen molar-refractivity contribution in [2.45, 2.75) is 17.3 Å². The van der Waals surface area contributed by atoms with Crippen molar-refractivity contribution in [3.63, 3.8) is 0 Å². The van der Waals surface area contributed by atoms with Crippen molar-refractivity contribution in [1.29, 1.82) is 5.26 Å². The Morgan fingerprint density at radius 3 is 2.65 bits per heavy atom. The number of sulfonamides is 1. The molecule has 108 valence electrons. The van der Waals surface area contributed by atoms with Gasteiger partial charge in [0.15, 0.2) is 0 Å². The van der Waals surface area contributed by atoms with Crippen molar-refractivity contribution < 1.29 is 26.3 Å². The molecule has 20 heavy (non-hydrogen) atoms. The number of rotatable bonds is 2. The fraction of sp³-hybridized carbons (Fsp3) is 0.400. The molecular weight excluding hydrogens is 299 g/mol. The first-order valence-corrected chi connectivity index (χ1v) is 6.77. The monoisotopic (exact) mass is 307 g/mol. The zero-order chi connectivity index (χ0) is 15.0. The van der Waals surface area contributed by atoms with E-state index in [9.17, 15) is 21.6 Å². The van der Waals surface area contributed by atoms with Gasteiger partial charge in [-0.2, -0.15) is 22.7 Å². The van der Waals surface area contributed by atoms with Crippen LogP contribution in [0.15, 0.2) is 23.2 Å². The molecule has 0 radical (unpaired) electrons. The van der Waals surface area contributed by atoms with Gasteiger partial charge >= 0.3 is 6.18 Å². The van der Waals surface area contributed by atoms with Crippen molar-refractivity contribution in [3.05, 3.63) is 24.0 Å². The second-order valence-electron chi connectivity index (χ2n) is 3.87. The van der Waals surface area contributed by atoms with Crippen molar-refractivity contribution in [2.24, 2.45) is 0 Å². The molecule has 1 aromatic rings. The van der Waals surface area contributed by atoms with E-state index >= 15 is 0 Å². The van der Waals surface area contributed by atoms with Crippen LogP contribution in [-0.2, 0) is 14.8 Å². The fourth-order valence-corrected chi connectivity index (χ4v) is 3.14. The Morgan fingerprint density at radius 2 is 2.15 bits per heavy atom. The molecule has 0 amide bonds. The predicted molar refractivity (Wildman–Crippen MR) is 58.6 cm³/mol. The van der Waals surface area contributed by atoms with Crippen LogP contribution in [-0.4, -0.2) is 43.3 Å². The van der Waals surface area contributed by atoms with Crippen molar-refractivity contribution >= 4 is 10.0 Å². The first kappa shape index (κ1) is 14.7. The number of alkyl halides is 3. The average molecular weight is 307 g/mol. The van der Waals surface area contributed by atoms with Gasteiger partial charge in [0.25, 0.3) is 0 Å². The Bertz CT molecular complexity index is 636. The standard InChI is InChI=1S/C10H8F3N3O3S/c11-10(12,13)9-16(3-4-19-9)20(17,18)8-2-1-7(5-14)15-6-8/h1-2,6,9H,3-4H2. The van der Waals surface area contributed by atoms with Gasteiger partial charge in [0, 0.05) is 12.7 Å². The second-order valence-corrected chi connectivity index (χ2v) is 5.76. The molecule has 1 atom stereocenters. The molecular formula is C10H8F3N3O3S. The third-order valence-electron chi connectivity index (χ3n) is 2.59. The molecule has 2 heterocycles. The Labute approximate surface area is 112 Å². The Balaban J connectivity index is 2.37. The summed E-state index contributed by atoms with van der Waals surface area (Å²) in [5.41, 5.74) is -0.0333. The summed E-state index contributed by atoms with van der Waals surface area (Å²) in [5.74, 6) is 0. The van der Waals surface area contributed by atoms with E-state index in [2.05, 4.69) is 9.72 Å². The Kier molecular flexibility index (Phi) is 3.68. The van der Waals surface area contributed by atoms with Crippen molar-refractivity contribution in [3.8, 4) is 6.07 Å². The minimum Gasteiger partial charge on any atom is -0.352 e. The minimum atomic E-state index is -4.82. The van der Waals surface area contributed by atoms with E-state index < -0.39 is 33.9 Å². The summed E-state index contributed by atoms with van der Waals surface area (Å²) in [6.07, 6.45) is -6.47. The number of aromatic nitrogens is 1. The molecule has 1 unspecified atom stereocenters. The zero-order valence-electron chi connectivity index (χ0n) is 9.83. The van der Waals surface area contributed by atoms with Crippen LogP contribution in [0.2, 0.25) is 0 Å². The summed E-state index contributed by atoms with van der Waals surface area (Å²) in [6, 6.07) is 3.84. The van der Waals surface area contributed by atoms with Gasteiger partial charge in [-0.05, 0) is 12.1 Å². The van der Waals surface area contributed by atoms with Crippen LogP contribution in [0.1, 0.15) is 5.69 Å². The normalized spacial score (nSPS) is 20.8. The third-order valence-corrected chi connectivity index (χ3v) is 4.42. The molecule has 0 aromatic carbocycles. The van der Waals surface area contributed by atoms with Gasteiger partial charge in [-0.25, -0.2) is 13.4 Å². The number of ether oxygens (including phenoxy) is 1. The lowest BCUT2D eigenvalue weighted by Crippen LogP contribution is -2.45. The first-order chi connectivity index (χ1) is 9.26. The summed E-state index contributed by atoms with van der Waals surface area (Å²) in [6.45, 7) is -0.736. The molecule has 2 rings (SSSR count). The van der Waals surface area contributed by atoms with Crippen LogP contribution in [0.3, 0.4) is 0 Å². The molecule has 1 aliphatic heterocycles. The van der Waals surface area contributed by atoms with Gasteiger partial charge in [-0.1, -0.05) is 0 Å². The third kappa shape index (κ3) is 2.60. The molecule has 1 saturated heterocycles. The summed E-state index contributed by atoms with van der Waals surface area (Å²) >= 11 is 0. The van der Waals surface area contributed by atoms with E-state index in [-0.39, 0.29) is 16.6 Å². The molecule has 0 spiro atoms. The highest BCUT2D eigenvalue weighted by Gasteiger charge is 2.52. The largest absolute Gasteiger partial charge is 0.429 e. The van der Waals surface area contributed by atoms with Gasteiger partial charge in [0.05, 0.1) is 6.61 Å². The van der Waals surface area contributed by atoms with E-state index in [1.165, 1.54) is 0 Å². The van der Waals surface area contributed by atoms with Gasteiger partial charge in [-0.15, -0.1) is 0 Å². The first-order valence-electron chi connectivity index (χ1n) is 5.33. The molecule has 0 saturated carbocycles. The van der Waals surface area contributed by atoms with Gasteiger partial charge < -0.3 is 4.74 Å². The predicted octanol–water partition coefficient (Wildman–Crippen LogP) is 0.863.